The number of esters is 4. The van der Waals surface area contributed by atoms with Gasteiger partial charge in [0.15, 0.2) is 12.2 Å². The minimum absolute atomic E-state index is 0.107. The van der Waals surface area contributed by atoms with Crippen molar-refractivity contribution in [3.63, 3.8) is 0 Å². The van der Waals surface area contributed by atoms with Gasteiger partial charge in [0, 0.05) is 25.7 Å². The fourth-order valence-corrected chi connectivity index (χ4v) is 12.7. The second-order valence-corrected chi connectivity index (χ2v) is 29.5. The van der Waals surface area contributed by atoms with E-state index < -0.39 is 97.5 Å². The number of hydrogen-bond acceptors (Lipinski definition) is 15. The van der Waals surface area contributed by atoms with Crippen molar-refractivity contribution >= 4 is 39.5 Å². The van der Waals surface area contributed by atoms with Gasteiger partial charge < -0.3 is 33.8 Å². The van der Waals surface area contributed by atoms with E-state index in [9.17, 15) is 43.2 Å². The summed E-state index contributed by atoms with van der Waals surface area (Å²) in [7, 11) is -9.90. The summed E-state index contributed by atoms with van der Waals surface area (Å²) in [5.41, 5.74) is 0. The van der Waals surface area contributed by atoms with Crippen molar-refractivity contribution in [2.75, 3.05) is 39.6 Å². The number of aliphatic hydroxyl groups is 1. The first-order valence-corrected chi connectivity index (χ1v) is 41.2. The van der Waals surface area contributed by atoms with E-state index in [0.29, 0.717) is 25.7 Å². The van der Waals surface area contributed by atoms with Crippen LogP contribution in [-0.4, -0.2) is 96.7 Å². The van der Waals surface area contributed by atoms with E-state index in [2.05, 4.69) is 34.6 Å². The number of hydrogen-bond donors (Lipinski definition) is 3. The Morgan fingerprint density at radius 1 is 0.304 bits per heavy atom. The molecular weight excluding hydrogens is 1210 g/mol. The SMILES string of the molecule is CCCCCCCCCCCCCCCCCC(=O)OC[C@H](COP(=O)(O)OC[C@@H](O)COP(=O)(O)OC[C@@H](COC(=O)CCCCCCCCCCC)OC(=O)CCCCCCCCCCCC)OC(=O)CCCCCCCCCCCCCCCCC(C)CC. The number of unbranched alkanes of at least 4 members (excludes halogenated alkanes) is 44. The predicted octanol–water partition coefficient (Wildman–Crippen LogP) is 21.3. The molecule has 0 bridgehead atoms. The Labute approximate surface area is 562 Å². The topological polar surface area (TPSA) is 237 Å². The zero-order chi connectivity index (χ0) is 67.7. The highest BCUT2D eigenvalue weighted by molar-refractivity contribution is 7.47. The van der Waals surface area contributed by atoms with Crippen LogP contribution in [-0.2, 0) is 65.4 Å². The molecule has 3 unspecified atom stereocenters. The normalized spacial score (nSPS) is 14.3. The van der Waals surface area contributed by atoms with Gasteiger partial charge in [0.2, 0.25) is 0 Å². The lowest BCUT2D eigenvalue weighted by atomic mass is 9.99. The fourth-order valence-electron chi connectivity index (χ4n) is 11.1. The van der Waals surface area contributed by atoms with Crippen LogP contribution in [0.1, 0.15) is 381 Å². The molecule has 0 rings (SSSR count). The van der Waals surface area contributed by atoms with Crippen LogP contribution in [0.2, 0.25) is 0 Å². The van der Waals surface area contributed by atoms with E-state index in [1.54, 1.807) is 0 Å². The summed E-state index contributed by atoms with van der Waals surface area (Å²) in [4.78, 5) is 72.6. The highest BCUT2D eigenvalue weighted by atomic mass is 31.2. The third-order valence-corrected chi connectivity index (χ3v) is 19.3. The minimum Gasteiger partial charge on any atom is -0.462 e. The Bertz CT molecular complexity index is 1770. The highest BCUT2D eigenvalue weighted by Gasteiger charge is 2.30. The number of phosphoric acid groups is 2. The number of carbonyl (C=O) groups excluding carboxylic acids is 4. The second-order valence-electron chi connectivity index (χ2n) is 26.6. The van der Waals surface area contributed by atoms with Gasteiger partial charge in [0.25, 0.3) is 0 Å². The Morgan fingerprint density at radius 3 is 0.772 bits per heavy atom. The quantitative estimate of drug-likeness (QED) is 0.0222. The van der Waals surface area contributed by atoms with Crippen LogP contribution in [0.5, 0.6) is 0 Å². The van der Waals surface area contributed by atoms with Crippen LogP contribution in [0.15, 0.2) is 0 Å². The maximum absolute atomic E-state index is 13.1. The molecule has 0 aromatic carbocycles. The number of carbonyl (C=O) groups is 4. The Balaban J connectivity index is 5.21. The van der Waals surface area contributed by atoms with E-state index in [1.807, 2.05) is 0 Å². The van der Waals surface area contributed by atoms with Gasteiger partial charge in [-0.2, -0.15) is 0 Å². The summed E-state index contributed by atoms with van der Waals surface area (Å²) >= 11 is 0. The Morgan fingerprint density at radius 2 is 0.522 bits per heavy atom. The summed E-state index contributed by atoms with van der Waals surface area (Å²) < 4.78 is 68.3. The standard InChI is InChI=1S/C73H142O17P2/c1-6-10-13-16-19-22-24-25-26-30-33-38-42-47-52-57-71(76)84-63-69(90-73(78)59-54-49-44-39-34-31-28-27-29-32-36-40-45-50-55-66(5)9-4)65-88-92(81,82)86-61-67(74)60-85-91(79,80)87-64-68(62-83-70(75)56-51-46-41-35-21-18-15-12-8-3)89-72(77)58-53-48-43-37-23-20-17-14-11-7-2/h66-69,74H,6-65H2,1-5H3,(H,79,80)(H,81,82)/t66?,67-,68+,69+/m0/s1. The molecule has 0 aliphatic carbocycles. The average Bonchev–Trinajstić information content (AvgIpc) is 1.69. The van der Waals surface area contributed by atoms with Crippen molar-refractivity contribution in [3.05, 3.63) is 0 Å². The Kier molecular flexibility index (Phi) is 64.9. The molecule has 0 amide bonds. The smallest absolute Gasteiger partial charge is 0.462 e. The molecule has 0 radical (unpaired) electrons. The molecule has 0 aliphatic rings. The van der Waals surface area contributed by atoms with Gasteiger partial charge in [-0.1, -0.05) is 330 Å². The molecule has 0 heterocycles. The monoisotopic (exact) mass is 1350 g/mol. The van der Waals surface area contributed by atoms with Crippen LogP contribution < -0.4 is 0 Å². The summed E-state index contributed by atoms with van der Waals surface area (Å²) in [5.74, 6) is -1.27. The van der Waals surface area contributed by atoms with Crippen LogP contribution >= 0.6 is 15.6 Å². The zero-order valence-corrected chi connectivity index (χ0v) is 61.5. The second kappa shape index (κ2) is 66.3. The van der Waals surface area contributed by atoms with Crippen molar-refractivity contribution in [1.29, 1.82) is 0 Å². The first kappa shape index (κ1) is 90.1. The number of rotatable bonds is 73. The maximum atomic E-state index is 13.1. The van der Waals surface area contributed by atoms with Crippen LogP contribution in [0.4, 0.5) is 0 Å². The average molecular weight is 1350 g/mol. The van der Waals surface area contributed by atoms with Gasteiger partial charge in [-0.25, -0.2) is 9.13 Å². The molecular formula is C73H142O17P2. The minimum atomic E-state index is -4.95. The van der Waals surface area contributed by atoms with E-state index in [4.69, 9.17) is 37.0 Å². The molecule has 546 valence electrons. The van der Waals surface area contributed by atoms with E-state index in [-0.39, 0.29) is 25.7 Å². The highest BCUT2D eigenvalue weighted by Crippen LogP contribution is 2.45. The number of aliphatic hydroxyl groups excluding tert-OH is 1. The molecule has 0 aromatic heterocycles. The van der Waals surface area contributed by atoms with Crippen LogP contribution in [0, 0.1) is 5.92 Å². The fraction of sp³-hybridized carbons (Fsp3) is 0.945. The molecule has 0 aliphatic heterocycles. The largest absolute Gasteiger partial charge is 0.472 e. The molecule has 92 heavy (non-hydrogen) atoms. The molecule has 19 heteroatoms. The van der Waals surface area contributed by atoms with Gasteiger partial charge in [-0.05, 0) is 31.6 Å². The van der Waals surface area contributed by atoms with E-state index in [0.717, 1.165) is 95.8 Å². The maximum Gasteiger partial charge on any atom is 0.472 e. The first-order valence-electron chi connectivity index (χ1n) is 38.2. The summed E-state index contributed by atoms with van der Waals surface area (Å²) in [6, 6.07) is 0. The van der Waals surface area contributed by atoms with Crippen LogP contribution in [0.25, 0.3) is 0 Å². The third kappa shape index (κ3) is 65.4. The lowest BCUT2D eigenvalue weighted by Gasteiger charge is -2.21. The first-order chi connectivity index (χ1) is 44.6. The Hall–Kier alpha value is -1.94. The van der Waals surface area contributed by atoms with Gasteiger partial charge in [0.1, 0.15) is 19.3 Å². The zero-order valence-electron chi connectivity index (χ0n) is 59.7. The number of phosphoric ester groups is 2. The molecule has 3 N–H and O–H groups in total. The molecule has 0 saturated heterocycles. The van der Waals surface area contributed by atoms with Crippen LogP contribution in [0.3, 0.4) is 0 Å². The van der Waals surface area contributed by atoms with Gasteiger partial charge in [0.05, 0.1) is 26.4 Å². The molecule has 0 aromatic rings. The molecule has 17 nitrogen and oxygen atoms in total. The van der Waals surface area contributed by atoms with E-state index >= 15 is 0 Å². The molecule has 0 spiro atoms. The van der Waals surface area contributed by atoms with Gasteiger partial charge in [-0.3, -0.25) is 37.3 Å². The van der Waals surface area contributed by atoms with Crippen molar-refractivity contribution in [3.8, 4) is 0 Å². The van der Waals surface area contributed by atoms with Gasteiger partial charge in [-0.15, -0.1) is 0 Å². The predicted molar refractivity (Wildman–Crippen MR) is 372 cm³/mol. The molecule has 0 fully saturated rings. The molecule has 6 atom stereocenters. The third-order valence-electron chi connectivity index (χ3n) is 17.4. The van der Waals surface area contributed by atoms with Crippen molar-refractivity contribution < 1.29 is 80.2 Å². The van der Waals surface area contributed by atoms with Crippen molar-refractivity contribution in [2.45, 2.75) is 400 Å². The summed E-state index contributed by atoms with van der Waals surface area (Å²) in [6.07, 6.45) is 54.0. The summed E-state index contributed by atoms with van der Waals surface area (Å²) in [6.45, 7) is 7.30. The lowest BCUT2D eigenvalue weighted by molar-refractivity contribution is -0.161. The van der Waals surface area contributed by atoms with Crippen molar-refractivity contribution in [2.24, 2.45) is 5.92 Å². The van der Waals surface area contributed by atoms with Gasteiger partial charge >= 0.3 is 39.5 Å². The van der Waals surface area contributed by atoms with Crippen molar-refractivity contribution in [1.82, 2.24) is 0 Å². The number of ether oxygens (including phenoxy) is 4. The van der Waals surface area contributed by atoms with E-state index in [1.165, 1.54) is 205 Å². The lowest BCUT2D eigenvalue weighted by Crippen LogP contribution is -2.30. The summed E-state index contributed by atoms with van der Waals surface area (Å²) in [5, 5.41) is 10.6. The molecule has 0 saturated carbocycles.